The smallest absolute Gasteiger partial charge is 0.330 e. The van der Waals surface area contributed by atoms with Crippen LogP contribution in [0.25, 0.3) is 10.8 Å². The third-order valence-corrected chi connectivity index (χ3v) is 3.26. The van der Waals surface area contributed by atoms with Crippen LogP contribution in [0.1, 0.15) is 6.92 Å². The quantitative estimate of drug-likeness (QED) is 0.309. The number of aliphatic hydroxyl groups is 1. The molecular weight excluding hydrogens is 324 g/mol. The summed E-state index contributed by atoms with van der Waals surface area (Å²) in [6.07, 6.45) is 0.220. The topological polar surface area (TPSA) is 74.2 Å². The summed E-state index contributed by atoms with van der Waals surface area (Å²) < 4.78 is 21.3. The average Bonchev–Trinajstić information content (AvgIpc) is 2.60. The number of benzene rings is 2. The van der Waals surface area contributed by atoms with E-state index >= 15 is 0 Å². The largest absolute Gasteiger partial charge is 0.491 e. The fourth-order valence-electron chi connectivity index (χ4n) is 2.24. The van der Waals surface area contributed by atoms with E-state index in [0.29, 0.717) is 31.3 Å². The zero-order valence-corrected chi connectivity index (χ0v) is 14.1. The molecule has 25 heavy (non-hydrogen) atoms. The van der Waals surface area contributed by atoms with Crippen LogP contribution in [0.4, 0.5) is 0 Å². The van der Waals surface area contributed by atoms with Crippen molar-refractivity contribution in [2.75, 3.05) is 26.4 Å². The molecular formula is C19H22O6. The van der Waals surface area contributed by atoms with Crippen molar-refractivity contribution in [2.24, 2.45) is 0 Å². The Morgan fingerprint density at radius 2 is 1.72 bits per heavy atom. The van der Waals surface area contributed by atoms with Crippen molar-refractivity contribution in [3.63, 3.8) is 0 Å². The monoisotopic (exact) mass is 346 g/mol. The predicted octanol–water partition coefficient (Wildman–Crippen LogP) is 2.68. The van der Waals surface area contributed by atoms with E-state index in [0.717, 1.165) is 16.8 Å². The highest BCUT2D eigenvalue weighted by atomic mass is 16.6. The second-order valence-corrected chi connectivity index (χ2v) is 5.16. The number of ether oxygens (including phenoxy) is 4. The van der Waals surface area contributed by atoms with E-state index in [-0.39, 0.29) is 6.61 Å². The van der Waals surface area contributed by atoms with Crippen molar-refractivity contribution in [3.8, 4) is 11.5 Å². The van der Waals surface area contributed by atoms with Crippen molar-refractivity contribution in [2.45, 2.75) is 13.2 Å². The third-order valence-electron chi connectivity index (χ3n) is 3.26. The molecule has 1 N–H and O–H groups in total. The number of carbonyl (C=O) groups is 1. The zero-order valence-electron chi connectivity index (χ0n) is 14.1. The highest BCUT2D eigenvalue weighted by Gasteiger charge is 2.08. The highest BCUT2D eigenvalue weighted by Crippen LogP contribution is 2.32. The van der Waals surface area contributed by atoms with Gasteiger partial charge in [0.1, 0.15) is 24.7 Å². The lowest BCUT2D eigenvalue weighted by Gasteiger charge is -2.14. The normalized spacial score (nSPS) is 11.8. The second-order valence-electron chi connectivity index (χ2n) is 5.16. The van der Waals surface area contributed by atoms with Crippen LogP contribution < -0.4 is 9.47 Å². The maximum atomic E-state index is 10.9. The van der Waals surface area contributed by atoms with Gasteiger partial charge >= 0.3 is 5.97 Å². The van der Waals surface area contributed by atoms with E-state index in [1.807, 2.05) is 30.3 Å². The molecule has 6 heteroatoms. The van der Waals surface area contributed by atoms with Crippen molar-refractivity contribution in [1.82, 2.24) is 0 Å². The lowest BCUT2D eigenvalue weighted by atomic mass is 10.1. The van der Waals surface area contributed by atoms with Gasteiger partial charge in [-0.1, -0.05) is 30.8 Å². The van der Waals surface area contributed by atoms with Crippen LogP contribution in [0.2, 0.25) is 0 Å². The first-order valence-electron chi connectivity index (χ1n) is 7.98. The molecule has 0 radical (unpaired) electrons. The van der Waals surface area contributed by atoms with E-state index in [1.54, 1.807) is 13.0 Å². The first-order chi connectivity index (χ1) is 12.1. The molecule has 0 saturated carbocycles. The lowest BCUT2D eigenvalue weighted by molar-refractivity contribution is -0.139. The molecule has 134 valence electrons. The van der Waals surface area contributed by atoms with Crippen LogP contribution >= 0.6 is 0 Å². The fourth-order valence-corrected chi connectivity index (χ4v) is 2.24. The Morgan fingerprint density at radius 3 is 2.40 bits per heavy atom. The van der Waals surface area contributed by atoms with Crippen molar-refractivity contribution in [1.29, 1.82) is 0 Å². The fraction of sp³-hybridized carbons (Fsp3) is 0.316. The second kappa shape index (κ2) is 9.66. The van der Waals surface area contributed by atoms with Crippen molar-refractivity contribution < 1.29 is 28.8 Å². The number of esters is 1. The van der Waals surface area contributed by atoms with Gasteiger partial charge in [0.25, 0.3) is 0 Å². The Kier molecular flexibility index (Phi) is 7.25. The van der Waals surface area contributed by atoms with E-state index < -0.39 is 12.3 Å². The molecule has 0 spiro atoms. The number of aliphatic hydroxyl groups excluding tert-OH is 1. The standard InChI is InChI=1S/C19H22O6/c1-3-19(21)24-13-11-22-10-12-23-17-8-4-7-16-15(17)6-5-9-18(16)25-14(2)20/h3-9,14,20H,1,10-13H2,2H3. The molecule has 0 aliphatic carbocycles. The molecule has 1 unspecified atom stereocenters. The van der Waals surface area contributed by atoms with Gasteiger partial charge in [-0.15, -0.1) is 0 Å². The van der Waals surface area contributed by atoms with Gasteiger partial charge in [-0.3, -0.25) is 0 Å². The van der Waals surface area contributed by atoms with Gasteiger partial charge in [0, 0.05) is 16.8 Å². The van der Waals surface area contributed by atoms with Crippen LogP contribution in [0.5, 0.6) is 11.5 Å². The molecule has 1 atom stereocenters. The van der Waals surface area contributed by atoms with Crippen LogP contribution in [-0.2, 0) is 14.3 Å². The maximum absolute atomic E-state index is 10.9. The number of carbonyl (C=O) groups excluding carboxylic acids is 1. The Hall–Kier alpha value is -2.57. The summed E-state index contributed by atoms with van der Waals surface area (Å²) in [4.78, 5) is 10.9. The van der Waals surface area contributed by atoms with Gasteiger partial charge in [0.15, 0.2) is 6.29 Å². The number of fused-ring (bicyclic) bond motifs is 1. The van der Waals surface area contributed by atoms with E-state index in [2.05, 4.69) is 6.58 Å². The van der Waals surface area contributed by atoms with E-state index in [1.165, 1.54) is 0 Å². The SMILES string of the molecule is C=CC(=O)OCCOCCOc1cccc2c(OC(C)O)cccc12. The first-order valence-corrected chi connectivity index (χ1v) is 7.98. The molecule has 6 nitrogen and oxygen atoms in total. The Bertz CT molecular complexity index is 710. The summed E-state index contributed by atoms with van der Waals surface area (Å²) >= 11 is 0. The molecule has 2 rings (SSSR count). The Morgan fingerprint density at radius 1 is 1.08 bits per heavy atom. The molecule has 2 aromatic carbocycles. The zero-order chi connectivity index (χ0) is 18.1. The minimum Gasteiger partial charge on any atom is -0.491 e. The molecule has 0 heterocycles. The van der Waals surface area contributed by atoms with Crippen molar-refractivity contribution >= 4 is 16.7 Å². The summed E-state index contributed by atoms with van der Waals surface area (Å²) in [5, 5.41) is 11.2. The molecule has 0 amide bonds. The summed E-state index contributed by atoms with van der Waals surface area (Å²) in [5.74, 6) is 0.833. The number of hydrogen-bond donors (Lipinski definition) is 1. The molecule has 0 bridgehead atoms. The third kappa shape index (κ3) is 5.77. The van der Waals surface area contributed by atoms with Crippen LogP contribution in [0, 0.1) is 0 Å². The molecule has 0 aliphatic heterocycles. The maximum Gasteiger partial charge on any atom is 0.330 e. The minimum absolute atomic E-state index is 0.180. The molecule has 0 aliphatic rings. The molecule has 0 aromatic heterocycles. The van der Waals surface area contributed by atoms with Gasteiger partial charge in [0.05, 0.1) is 13.2 Å². The Balaban J connectivity index is 1.87. The van der Waals surface area contributed by atoms with Gasteiger partial charge in [-0.05, 0) is 19.1 Å². The minimum atomic E-state index is -0.890. The van der Waals surface area contributed by atoms with Crippen LogP contribution in [0.3, 0.4) is 0 Å². The predicted molar refractivity (Wildman–Crippen MR) is 93.7 cm³/mol. The average molecular weight is 346 g/mol. The van der Waals surface area contributed by atoms with E-state index in [4.69, 9.17) is 18.9 Å². The van der Waals surface area contributed by atoms with Gasteiger partial charge in [0.2, 0.25) is 0 Å². The molecule has 2 aromatic rings. The summed E-state index contributed by atoms with van der Waals surface area (Å²) in [5.41, 5.74) is 0. The van der Waals surface area contributed by atoms with Gasteiger partial charge in [-0.2, -0.15) is 0 Å². The number of hydrogen-bond acceptors (Lipinski definition) is 6. The van der Waals surface area contributed by atoms with Gasteiger partial charge in [-0.25, -0.2) is 4.79 Å². The molecule has 0 fully saturated rings. The molecule has 0 saturated heterocycles. The van der Waals surface area contributed by atoms with Gasteiger partial charge < -0.3 is 24.1 Å². The highest BCUT2D eigenvalue weighted by molar-refractivity contribution is 5.93. The summed E-state index contributed by atoms with van der Waals surface area (Å²) in [7, 11) is 0. The van der Waals surface area contributed by atoms with Crippen LogP contribution in [-0.4, -0.2) is 43.8 Å². The summed E-state index contributed by atoms with van der Waals surface area (Å²) in [6, 6.07) is 11.2. The lowest BCUT2D eigenvalue weighted by Crippen LogP contribution is -2.12. The summed E-state index contributed by atoms with van der Waals surface area (Å²) in [6.45, 7) is 6.07. The first kappa shape index (κ1) is 18.8. The Labute approximate surface area is 146 Å². The van der Waals surface area contributed by atoms with Crippen LogP contribution in [0.15, 0.2) is 49.1 Å². The van der Waals surface area contributed by atoms with E-state index in [9.17, 15) is 9.90 Å². The van der Waals surface area contributed by atoms with Crippen molar-refractivity contribution in [3.05, 3.63) is 49.1 Å². The number of rotatable bonds is 10.